The van der Waals surface area contributed by atoms with E-state index in [2.05, 4.69) is 10.3 Å². The van der Waals surface area contributed by atoms with Crippen LogP contribution in [0.5, 0.6) is 0 Å². The summed E-state index contributed by atoms with van der Waals surface area (Å²) in [6, 6.07) is 5.22. The molecule has 1 aromatic heterocycles. The van der Waals surface area contributed by atoms with Gasteiger partial charge in [-0.1, -0.05) is 6.07 Å². The van der Waals surface area contributed by atoms with Crippen LogP contribution in [0.25, 0.3) is 0 Å². The van der Waals surface area contributed by atoms with Crippen molar-refractivity contribution >= 4 is 17.4 Å². The molecule has 2 aromatic rings. The van der Waals surface area contributed by atoms with E-state index < -0.39 is 17.5 Å². The summed E-state index contributed by atoms with van der Waals surface area (Å²) in [6.07, 6.45) is 0.902. The van der Waals surface area contributed by atoms with Crippen LogP contribution in [0.3, 0.4) is 0 Å². The van der Waals surface area contributed by atoms with Crippen molar-refractivity contribution in [3.05, 3.63) is 53.2 Å². The topological polar surface area (TPSA) is 68.0 Å². The SMILES string of the molecule is Cc1ccc(F)c(NC(=O)c2cc(F)cnc2N)c1. The number of aromatic nitrogens is 1. The minimum atomic E-state index is -0.714. The van der Waals surface area contributed by atoms with Crippen molar-refractivity contribution in [2.45, 2.75) is 6.92 Å². The fourth-order valence-corrected chi connectivity index (χ4v) is 1.56. The van der Waals surface area contributed by atoms with Gasteiger partial charge in [0.2, 0.25) is 0 Å². The Morgan fingerprint density at radius 2 is 2.05 bits per heavy atom. The minimum absolute atomic E-state index is 0.00802. The van der Waals surface area contributed by atoms with Gasteiger partial charge in [-0.15, -0.1) is 0 Å². The Hall–Kier alpha value is -2.50. The molecule has 1 aromatic carbocycles. The normalized spacial score (nSPS) is 10.3. The van der Waals surface area contributed by atoms with Gasteiger partial charge >= 0.3 is 0 Å². The van der Waals surface area contributed by atoms with Crippen LogP contribution in [0.4, 0.5) is 20.3 Å². The Balaban J connectivity index is 2.30. The van der Waals surface area contributed by atoms with E-state index in [1.54, 1.807) is 13.0 Å². The Bertz CT molecular complexity index is 644. The molecule has 0 aliphatic rings. The lowest BCUT2D eigenvalue weighted by Crippen LogP contribution is -2.16. The highest BCUT2D eigenvalue weighted by molar-refractivity contribution is 6.07. The molecule has 2 rings (SSSR count). The average Bonchev–Trinajstić information content (AvgIpc) is 2.36. The van der Waals surface area contributed by atoms with Crippen LogP contribution < -0.4 is 11.1 Å². The number of pyridine rings is 1. The summed E-state index contributed by atoms with van der Waals surface area (Å²) >= 11 is 0. The second-order valence-electron chi connectivity index (χ2n) is 4.02. The third kappa shape index (κ3) is 2.85. The number of nitrogens with zero attached hydrogens (tertiary/aromatic N) is 1. The number of halogens is 2. The number of amides is 1. The molecule has 3 N–H and O–H groups in total. The van der Waals surface area contributed by atoms with E-state index in [4.69, 9.17) is 5.73 Å². The van der Waals surface area contributed by atoms with Crippen LogP contribution in [-0.2, 0) is 0 Å². The van der Waals surface area contributed by atoms with Gasteiger partial charge in [-0.2, -0.15) is 0 Å². The zero-order valence-electron chi connectivity index (χ0n) is 10.1. The molecule has 98 valence electrons. The molecule has 0 saturated heterocycles. The fraction of sp³-hybridized carbons (Fsp3) is 0.0769. The van der Waals surface area contributed by atoms with Crippen molar-refractivity contribution in [2.75, 3.05) is 11.1 Å². The van der Waals surface area contributed by atoms with Gasteiger partial charge < -0.3 is 11.1 Å². The molecule has 0 atom stereocenters. The van der Waals surface area contributed by atoms with Crippen LogP contribution >= 0.6 is 0 Å². The third-order valence-electron chi connectivity index (χ3n) is 2.50. The zero-order chi connectivity index (χ0) is 14.0. The van der Waals surface area contributed by atoms with E-state index in [0.717, 1.165) is 17.8 Å². The monoisotopic (exact) mass is 263 g/mol. The molecule has 1 heterocycles. The van der Waals surface area contributed by atoms with E-state index in [0.29, 0.717) is 0 Å². The third-order valence-corrected chi connectivity index (χ3v) is 2.50. The summed E-state index contributed by atoms with van der Waals surface area (Å²) < 4.78 is 26.5. The first-order chi connectivity index (χ1) is 8.97. The number of hydrogen-bond acceptors (Lipinski definition) is 3. The summed E-state index contributed by atoms with van der Waals surface area (Å²) in [4.78, 5) is 15.4. The predicted octanol–water partition coefficient (Wildman–Crippen LogP) is 2.50. The minimum Gasteiger partial charge on any atom is -0.383 e. The summed E-state index contributed by atoms with van der Waals surface area (Å²) in [5, 5.41) is 2.33. The molecule has 0 saturated carbocycles. The van der Waals surface area contributed by atoms with E-state index in [-0.39, 0.29) is 17.1 Å². The summed E-state index contributed by atoms with van der Waals surface area (Å²) in [5.41, 5.74) is 6.13. The first-order valence-corrected chi connectivity index (χ1v) is 5.46. The van der Waals surface area contributed by atoms with Crippen molar-refractivity contribution in [2.24, 2.45) is 0 Å². The molecular formula is C13H11F2N3O. The van der Waals surface area contributed by atoms with Crippen molar-refractivity contribution in [1.29, 1.82) is 0 Å². The number of carbonyl (C=O) groups is 1. The molecule has 0 fully saturated rings. The molecule has 0 aliphatic heterocycles. The molecule has 0 radical (unpaired) electrons. The Morgan fingerprint density at radius 3 is 2.79 bits per heavy atom. The lowest BCUT2D eigenvalue weighted by atomic mass is 10.2. The van der Waals surface area contributed by atoms with Crippen LogP contribution in [0.15, 0.2) is 30.5 Å². The van der Waals surface area contributed by atoms with Gasteiger partial charge in [0.1, 0.15) is 17.5 Å². The largest absolute Gasteiger partial charge is 0.383 e. The van der Waals surface area contributed by atoms with Crippen molar-refractivity contribution in [3.63, 3.8) is 0 Å². The summed E-state index contributed by atoms with van der Waals surface area (Å²) in [5.74, 6) is -2.10. The number of aryl methyl sites for hydroxylation is 1. The number of anilines is 2. The van der Waals surface area contributed by atoms with E-state index in [1.807, 2.05) is 0 Å². The zero-order valence-corrected chi connectivity index (χ0v) is 10.1. The average molecular weight is 263 g/mol. The Morgan fingerprint density at radius 1 is 1.32 bits per heavy atom. The number of nitrogen functional groups attached to an aromatic ring is 1. The van der Waals surface area contributed by atoms with Gasteiger partial charge in [0.05, 0.1) is 17.4 Å². The molecule has 0 bridgehead atoms. The molecule has 0 spiro atoms. The molecule has 0 aliphatic carbocycles. The van der Waals surface area contributed by atoms with Crippen LogP contribution in [0.1, 0.15) is 15.9 Å². The summed E-state index contributed by atoms with van der Waals surface area (Å²) in [6.45, 7) is 1.76. The lowest BCUT2D eigenvalue weighted by Gasteiger charge is -2.08. The van der Waals surface area contributed by atoms with Gasteiger partial charge in [0.25, 0.3) is 5.91 Å². The number of rotatable bonds is 2. The molecule has 6 heteroatoms. The number of nitrogens with two attached hydrogens (primary N) is 1. The molecule has 19 heavy (non-hydrogen) atoms. The van der Waals surface area contributed by atoms with Gasteiger partial charge in [0, 0.05) is 0 Å². The molecular weight excluding hydrogens is 252 g/mol. The highest BCUT2D eigenvalue weighted by Crippen LogP contribution is 2.18. The first-order valence-electron chi connectivity index (χ1n) is 5.46. The number of benzene rings is 1. The molecule has 1 amide bonds. The van der Waals surface area contributed by atoms with Crippen molar-refractivity contribution in [1.82, 2.24) is 4.98 Å². The van der Waals surface area contributed by atoms with Crippen molar-refractivity contribution < 1.29 is 13.6 Å². The van der Waals surface area contributed by atoms with Gasteiger partial charge in [-0.05, 0) is 30.7 Å². The van der Waals surface area contributed by atoms with Crippen molar-refractivity contribution in [3.8, 4) is 0 Å². The van der Waals surface area contributed by atoms with E-state index >= 15 is 0 Å². The first kappa shape index (κ1) is 12.9. The predicted molar refractivity (Wildman–Crippen MR) is 67.7 cm³/mol. The smallest absolute Gasteiger partial charge is 0.259 e. The summed E-state index contributed by atoms with van der Waals surface area (Å²) in [7, 11) is 0. The lowest BCUT2D eigenvalue weighted by molar-refractivity contribution is 0.102. The van der Waals surface area contributed by atoms with Crippen LogP contribution in [0, 0.1) is 18.6 Å². The van der Waals surface area contributed by atoms with Gasteiger partial charge in [-0.25, -0.2) is 13.8 Å². The van der Waals surface area contributed by atoms with Gasteiger partial charge in [-0.3, -0.25) is 4.79 Å². The second kappa shape index (κ2) is 5.01. The van der Waals surface area contributed by atoms with E-state index in [9.17, 15) is 13.6 Å². The van der Waals surface area contributed by atoms with E-state index in [1.165, 1.54) is 12.1 Å². The maximum atomic E-state index is 13.5. The second-order valence-corrected chi connectivity index (χ2v) is 4.02. The number of carbonyl (C=O) groups excluding carboxylic acids is 1. The van der Waals surface area contributed by atoms with Gasteiger partial charge in [0.15, 0.2) is 0 Å². The maximum Gasteiger partial charge on any atom is 0.259 e. The van der Waals surface area contributed by atoms with Crippen LogP contribution in [-0.4, -0.2) is 10.9 Å². The van der Waals surface area contributed by atoms with Crippen LogP contribution in [0.2, 0.25) is 0 Å². The number of hydrogen-bond donors (Lipinski definition) is 2. The maximum absolute atomic E-state index is 13.5. The molecule has 4 nitrogen and oxygen atoms in total. The Kier molecular flexibility index (Phi) is 3.41. The quantitative estimate of drug-likeness (QED) is 0.874. The fourth-order valence-electron chi connectivity index (χ4n) is 1.56. The number of nitrogens with one attached hydrogen (secondary N) is 1. The molecule has 0 unspecified atom stereocenters. The highest BCUT2D eigenvalue weighted by atomic mass is 19.1. The highest BCUT2D eigenvalue weighted by Gasteiger charge is 2.14. The standard InChI is InChI=1S/C13H11F2N3O/c1-7-2-3-10(15)11(4-7)18-13(19)9-5-8(14)6-17-12(9)16/h2-6H,1H3,(H2,16,17)(H,18,19). The Labute approximate surface area is 108 Å².